The van der Waals surface area contributed by atoms with Gasteiger partial charge in [0.1, 0.15) is 0 Å². The zero-order chi connectivity index (χ0) is 14.2. The van der Waals surface area contributed by atoms with Crippen molar-refractivity contribution in [1.82, 2.24) is 15.1 Å². The molecule has 1 heterocycles. The molecule has 116 valence electrons. The topological polar surface area (TPSA) is 44.8 Å². The third-order valence-corrected chi connectivity index (χ3v) is 4.21. The summed E-state index contributed by atoms with van der Waals surface area (Å²) in [6, 6.07) is 0.842. The molecule has 1 saturated carbocycles. The number of urea groups is 1. The average Bonchev–Trinajstić information content (AvgIpc) is 3.28. The number of hydrogen-bond donors (Lipinski definition) is 1. The maximum Gasteiger partial charge on any atom is 0.317 e. The Bertz CT molecular complexity index is 287. The monoisotopic (exact) mass is 283 g/mol. The molecule has 2 rings (SSSR count). The van der Waals surface area contributed by atoms with E-state index in [1.807, 2.05) is 4.90 Å². The molecular weight excluding hydrogens is 254 g/mol. The number of rotatable bonds is 7. The minimum atomic E-state index is 0.120. The first kappa shape index (κ1) is 15.6. The molecule has 1 saturated heterocycles. The lowest BCUT2D eigenvalue weighted by molar-refractivity contribution is 0.143. The van der Waals surface area contributed by atoms with Crippen LogP contribution in [0.3, 0.4) is 0 Å². The van der Waals surface area contributed by atoms with Crippen molar-refractivity contribution >= 4 is 6.03 Å². The van der Waals surface area contributed by atoms with E-state index in [1.165, 1.54) is 25.7 Å². The predicted molar refractivity (Wildman–Crippen MR) is 79.9 cm³/mol. The van der Waals surface area contributed by atoms with Crippen LogP contribution in [0.4, 0.5) is 4.79 Å². The number of hydrogen-bond acceptors (Lipinski definition) is 3. The third kappa shape index (κ3) is 5.29. The molecule has 0 spiro atoms. The number of nitrogens with one attached hydrogen (secondary N) is 1. The van der Waals surface area contributed by atoms with Gasteiger partial charge in [-0.05, 0) is 25.7 Å². The summed E-state index contributed by atoms with van der Waals surface area (Å²) in [7, 11) is 1.74. The summed E-state index contributed by atoms with van der Waals surface area (Å²) in [5.74, 6) is 0. The summed E-state index contributed by atoms with van der Waals surface area (Å²) in [5, 5.41) is 3.07. The van der Waals surface area contributed by atoms with Crippen LogP contribution in [-0.4, -0.2) is 68.3 Å². The fourth-order valence-corrected chi connectivity index (χ4v) is 2.82. The molecule has 5 heteroatoms. The Labute approximate surface area is 122 Å². The highest BCUT2D eigenvalue weighted by atomic mass is 16.5. The van der Waals surface area contributed by atoms with Crippen molar-refractivity contribution in [3.63, 3.8) is 0 Å². The molecule has 0 aromatic rings. The van der Waals surface area contributed by atoms with Gasteiger partial charge in [0.05, 0.1) is 6.61 Å². The van der Waals surface area contributed by atoms with E-state index in [9.17, 15) is 4.79 Å². The Morgan fingerprint density at radius 2 is 1.90 bits per heavy atom. The van der Waals surface area contributed by atoms with E-state index < -0.39 is 0 Å². The van der Waals surface area contributed by atoms with Crippen molar-refractivity contribution in [2.45, 2.75) is 44.6 Å². The lowest BCUT2D eigenvalue weighted by Crippen LogP contribution is -2.44. The van der Waals surface area contributed by atoms with E-state index in [-0.39, 0.29) is 6.03 Å². The highest BCUT2D eigenvalue weighted by Crippen LogP contribution is 2.25. The minimum Gasteiger partial charge on any atom is -0.383 e. The Kier molecular flexibility index (Phi) is 6.60. The third-order valence-electron chi connectivity index (χ3n) is 4.21. The quantitative estimate of drug-likeness (QED) is 0.773. The molecule has 2 fully saturated rings. The van der Waals surface area contributed by atoms with E-state index in [0.29, 0.717) is 0 Å². The van der Waals surface area contributed by atoms with Crippen LogP contribution in [0.25, 0.3) is 0 Å². The van der Waals surface area contributed by atoms with Gasteiger partial charge in [0.15, 0.2) is 0 Å². The van der Waals surface area contributed by atoms with Gasteiger partial charge in [0.25, 0.3) is 0 Å². The lowest BCUT2D eigenvalue weighted by atomic mass is 10.2. The molecule has 1 aliphatic carbocycles. The van der Waals surface area contributed by atoms with Gasteiger partial charge >= 0.3 is 6.03 Å². The second-order valence-corrected chi connectivity index (χ2v) is 5.89. The molecule has 5 nitrogen and oxygen atoms in total. The fraction of sp³-hybridized carbons (Fsp3) is 0.933. The largest absolute Gasteiger partial charge is 0.383 e. The molecule has 2 aliphatic rings. The first-order valence-electron chi connectivity index (χ1n) is 8.07. The summed E-state index contributed by atoms with van der Waals surface area (Å²) >= 11 is 0. The molecule has 0 bridgehead atoms. The molecule has 0 aromatic heterocycles. The van der Waals surface area contributed by atoms with Crippen molar-refractivity contribution in [1.29, 1.82) is 0 Å². The van der Waals surface area contributed by atoms with Crippen LogP contribution in [0.2, 0.25) is 0 Å². The first-order valence-corrected chi connectivity index (χ1v) is 8.07. The second-order valence-electron chi connectivity index (χ2n) is 5.89. The zero-order valence-electron chi connectivity index (χ0n) is 12.8. The summed E-state index contributed by atoms with van der Waals surface area (Å²) in [6.07, 6.45) is 7.41. The molecule has 0 atom stereocenters. The highest BCUT2D eigenvalue weighted by Gasteiger charge is 2.28. The smallest absolute Gasteiger partial charge is 0.317 e. The molecular formula is C15H29N3O2. The van der Waals surface area contributed by atoms with Gasteiger partial charge in [0.2, 0.25) is 0 Å². The van der Waals surface area contributed by atoms with Gasteiger partial charge in [0, 0.05) is 45.9 Å². The van der Waals surface area contributed by atoms with Crippen molar-refractivity contribution in [2.24, 2.45) is 0 Å². The number of ether oxygens (including phenoxy) is 1. The van der Waals surface area contributed by atoms with Crippen molar-refractivity contribution in [3.05, 3.63) is 0 Å². The predicted octanol–water partition coefficient (Wildman–Crippen LogP) is 1.68. The summed E-state index contributed by atoms with van der Waals surface area (Å²) in [5.41, 5.74) is 0. The van der Waals surface area contributed by atoms with Crippen molar-refractivity contribution < 1.29 is 9.53 Å². The highest BCUT2D eigenvalue weighted by molar-refractivity contribution is 5.74. The van der Waals surface area contributed by atoms with Crippen molar-refractivity contribution in [3.8, 4) is 0 Å². The van der Waals surface area contributed by atoms with Gasteiger partial charge in [-0.3, -0.25) is 4.90 Å². The number of nitrogens with zero attached hydrogens (tertiary/aromatic N) is 2. The maximum atomic E-state index is 12.1. The molecule has 0 radical (unpaired) electrons. The van der Waals surface area contributed by atoms with E-state index in [0.717, 1.165) is 58.2 Å². The molecule has 0 unspecified atom stereocenters. The van der Waals surface area contributed by atoms with Crippen molar-refractivity contribution in [2.75, 3.05) is 46.4 Å². The number of methoxy groups -OCH3 is 1. The Hall–Kier alpha value is -0.810. The van der Waals surface area contributed by atoms with Gasteiger partial charge in [-0.15, -0.1) is 0 Å². The fourth-order valence-electron chi connectivity index (χ4n) is 2.82. The van der Waals surface area contributed by atoms with Gasteiger partial charge in [-0.2, -0.15) is 0 Å². The molecule has 2 amide bonds. The van der Waals surface area contributed by atoms with E-state index in [1.54, 1.807) is 7.11 Å². The van der Waals surface area contributed by atoms with Gasteiger partial charge in [-0.1, -0.05) is 12.8 Å². The number of amides is 2. The van der Waals surface area contributed by atoms with Crippen LogP contribution >= 0.6 is 0 Å². The normalized spacial score (nSPS) is 20.0. The first-order chi connectivity index (χ1) is 9.81. The second kappa shape index (κ2) is 8.47. The van der Waals surface area contributed by atoms with Gasteiger partial charge in [-0.25, -0.2) is 4.79 Å². The van der Waals surface area contributed by atoms with Crippen LogP contribution in [-0.2, 0) is 4.74 Å². The van der Waals surface area contributed by atoms with Crippen LogP contribution < -0.4 is 5.32 Å². The molecule has 0 aromatic carbocycles. The number of carbonyl (C=O) groups excluding carboxylic acids is 1. The van der Waals surface area contributed by atoms with Crippen LogP contribution in [0.5, 0.6) is 0 Å². The minimum absolute atomic E-state index is 0.120. The van der Waals surface area contributed by atoms with E-state index in [4.69, 9.17) is 4.74 Å². The Balaban J connectivity index is 1.64. The Morgan fingerprint density at radius 1 is 1.20 bits per heavy atom. The van der Waals surface area contributed by atoms with E-state index in [2.05, 4.69) is 10.2 Å². The van der Waals surface area contributed by atoms with Crippen LogP contribution in [0.15, 0.2) is 0 Å². The lowest BCUT2D eigenvalue weighted by Gasteiger charge is -2.24. The number of likely N-dealkylation sites (tertiary alicyclic amines) is 1. The standard InChI is InChI=1S/C15H29N3O2/c1-20-13-12-17(14-6-7-14)11-8-16-15(19)18-9-4-2-3-5-10-18/h14H,2-13H2,1H3,(H,16,19). The molecule has 1 N–H and O–H groups in total. The summed E-state index contributed by atoms with van der Waals surface area (Å²) in [4.78, 5) is 16.5. The summed E-state index contributed by atoms with van der Waals surface area (Å²) < 4.78 is 5.15. The number of carbonyl (C=O) groups is 1. The SMILES string of the molecule is COCCN(CCNC(=O)N1CCCCCC1)C1CC1. The molecule has 20 heavy (non-hydrogen) atoms. The van der Waals surface area contributed by atoms with Crippen LogP contribution in [0, 0.1) is 0 Å². The molecule has 1 aliphatic heterocycles. The summed E-state index contributed by atoms with van der Waals surface area (Å²) in [6.45, 7) is 5.27. The van der Waals surface area contributed by atoms with Crippen LogP contribution in [0.1, 0.15) is 38.5 Å². The zero-order valence-corrected chi connectivity index (χ0v) is 12.8. The average molecular weight is 283 g/mol. The van der Waals surface area contributed by atoms with Gasteiger partial charge < -0.3 is 15.0 Å². The Morgan fingerprint density at radius 3 is 2.50 bits per heavy atom. The maximum absolute atomic E-state index is 12.1. The van der Waals surface area contributed by atoms with E-state index >= 15 is 0 Å².